The molecule has 9 rings (SSSR count). The number of unbranched alkanes of at least 4 members (excludes halogenated alkanes) is 6. The minimum absolute atomic E-state index is 0.0721. The third-order valence-electron chi connectivity index (χ3n) is 15.4. The zero-order valence-electron chi connectivity index (χ0n) is 48.4. The largest absolute Gasteiger partial charge is 0.394 e. The summed E-state index contributed by atoms with van der Waals surface area (Å²) in [6.45, 7) is 11.4. The SMILES string of the molecule is CNc1cc([NH2+]c2ccccc2N)c(N=C2C=C(C)C(NCCCCCCNC(=O)c3ccc(-c4ccc(C(=O)NCCCCCCNc5cc6c(cc5C)nc5cc(C)c(NC)cc5[n+]6-c5ccccc5N)cc4)cc3)=CC2)cc1C. The first-order chi connectivity index (χ1) is 39.9. The lowest BCUT2D eigenvalue weighted by Gasteiger charge is -2.17. The molecule has 0 fully saturated rings. The molecular weight excluding hydrogens is 1020 g/mol. The number of carbonyl (C=O) groups excluding carboxylic acids is 2. The monoisotopic (exact) mass is 1100 g/mol. The van der Waals surface area contributed by atoms with Crippen LogP contribution in [0.15, 0.2) is 162 Å². The van der Waals surface area contributed by atoms with Crippen LogP contribution in [0.3, 0.4) is 0 Å². The van der Waals surface area contributed by atoms with Gasteiger partial charge in [0.05, 0.1) is 5.69 Å². The number of quaternary nitrogens is 1. The number of allylic oxidation sites excluding steroid dienone is 3. The molecule has 14 heteroatoms. The lowest BCUT2D eigenvalue weighted by molar-refractivity contribution is -0.537. The Balaban J connectivity index is 0.648. The molecule has 422 valence electrons. The second kappa shape index (κ2) is 27.4. The smallest absolute Gasteiger partial charge is 0.251 e. The molecule has 1 aliphatic carbocycles. The highest BCUT2D eigenvalue weighted by Gasteiger charge is 2.24. The van der Waals surface area contributed by atoms with Gasteiger partial charge in [0, 0.05) is 117 Å². The molecule has 0 unspecified atom stereocenters. The second-order valence-electron chi connectivity index (χ2n) is 21.4. The predicted octanol–water partition coefficient (Wildman–Crippen LogP) is 12.3. The van der Waals surface area contributed by atoms with E-state index < -0.39 is 0 Å². The highest BCUT2D eigenvalue weighted by atomic mass is 16.2. The third-order valence-corrected chi connectivity index (χ3v) is 15.4. The van der Waals surface area contributed by atoms with Crippen LogP contribution >= 0.6 is 0 Å². The minimum atomic E-state index is -0.0779. The van der Waals surface area contributed by atoms with Crippen molar-refractivity contribution in [2.45, 2.75) is 85.5 Å². The first-order valence-electron chi connectivity index (χ1n) is 28.9. The average molecular weight is 1100 g/mol. The molecule has 14 nitrogen and oxygen atoms in total. The quantitative estimate of drug-likeness (QED) is 0.0115. The number of nitrogens with one attached hydrogen (secondary N) is 6. The number of aromatic nitrogens is 2. The summed E-state index contributed by atoms with van der Waals surface area (Å²) in [5, 5.41) is 22.2. The summed E-state index contributed by atoms with van der Waals surface area (Å²) in [6.07, 6.45) is 13.2. The van der Waals surface area contributed by atoms with Crippen molar-refractivity contribution < 1.29 is 19.5 Å². The molecule has 82 heavy (non-hydrogen) atoms. The number of nitrogens with zero attached hydrogens (tertiary/aromatic N) is 3. The lowest BCUT2D eigenvalue weighted by Crippen LogP contribution is -2.71. The normalized spacial score (nSPS) is 12.7. The third kappa shape index (κ3) is 14.3. The number of fused-ring (bicyclic) bond motifs is 2. The van der Waals surface area contributed by atoms with E-state index in [1.54, 1.807) is 0 Å². The molecule has 0 atom stereocenters. The topological polar surface area (TPSA) is 204 Å². The predicted molar refractivity (Wildman–Crippen MR) is 341 cm³/mol. The summed E-state index contributed by atoms with van der Waals surface area (Å²) in [5.74, 6) is -0.150. The Bertz CT molecular complexity index is 3680. The van der Waals surface area contributed by atoms with Crippen molar-refractivity contribution in [3.63, 3.8) is 0 Å². The Kier molecular flexibility index (Phi) is 19.3. The van der Waals surface area contributed by atoms with Crippen molar-refractivity contribution in [2.75, 3.05) is 67.7 Å². The lowest BCUT2D eigenvalue weighted by atomic mass is 10.0. The van der Waals surface area contributed by atoms with E-state index in [9.17, 15) is 9.59 Å². The molecule has 0 saturated carbocycles. The molecule has 1 aliphatic rings. The first kappa shape index (κ1) is 57.7. The molecule has 2 amide bonds. The Morgan fingerprint density at radius 2 is 1.07 bits per heavy atom. The van der Waals surface area contributed by atoms with Gasteiger partial charge in [0.2, 0.25) is 16.7 Å². The fourth-order valence-electron chi connectivity index (χ4n) is 10.7. The maximum Gasteiger partial charge on any atom is 0.251 e. The number of benzene rings is 7. The van der Waals surface area contributed by atoms with Gasteiger partial charge < -0.3 is 43.4 Å². The van der Waals surface area contributed by atoms with E-state index in [-0.39, 0.29) is 11.8 Å². The number of hydrogen-bond acceptors (Lipinski definition) is 10. The molecule has 8 aromatic rings. The maximum atomic E-state index is 13.1. The molecule has 0 saturated heterocycles. The number of aliphatic imine (C=N–C) groups is 1. The van der Waals surface area contributed by atoms with Crippen molar-refractivity contribution in [3.05, 3.63) is 185 Å². The minimum Gasteiger partial charge on any atom is -0.394 e. The molecule has 12 N–H and O–H groups in total. The van der Waals surface area contributed by atoms with Crippen LogP contribution < -0.4 is 53.3 Å². The number of hydrogen-bond donors (Lipinski definition) is 9. The molecule has 1 heterocycles. The molecule has 0 bridgehead atoms. The molecule has 0 aliphatic heterocycles. The van der Waals surface area contributed by atoms with E-state index in [4.69, 9.17) is 21.4 Å². The van der Waals surface area contributed by atoms with Crippen LogP contribution in [0.2, 0.25) is 0 Å². The standard InChI is InChI=1S/C68H78N12O2/c1-44-37-52(77-60-38-45(2)57(71-5)41-61(60)78-56-21-13-11-19-53(56)69)31-32-55(44)73-33-15-7-9-17-35-75-67(81)50-27-23-48(24-28-50)49-25-29-51(30-26-49)68(82)76-36-18-10-8-16-34-74-59-43-66-63(40-47(59)4)79-62-39-46(3)58(72-6)42-65(62)80(66)64-22-14-12-20-54(64)70/h11-14,19-30,32,37-43,71,73H,7-10,15-18,31,33-36,70H2,1-6H3,(H6,69,72,74,75,76,78,79,81,82)/p+2. The van der Waals surface area contributed by atoms with E-state index in [0.29, 0.717) is 29.9 Å². The van der Waals surface area contributed by atoms with Crippen LogP contribution in [0, 0.1) is 20.8 Å². The van der Waals surface area contributed by atoms with Crippen molar-refractivity contribution in [1.29, 1.82) is 0 Å². The number of rotatable bonds is 25. The average Bonchev–Trinajstić information content (AvgIpc) is 1.69. The van der Waals surface area contributed by atoms with Crippen LogP contribution in [0.4, 0.5) is 45.5 Å². The van der Waals surface area contributed by atoms with Crippen molar-refractivity contribution >= 4 is 85.1 Å². The molecule has 1 aromatic heterocycles. The Hall–Kier alpha value is -9.01. The van der Waals surface area contributed by atoms with Crippen LogP contribution in [0.1, 0.15) is 102 Å². The number of carbonyl (C=O) groups is 2. The fraction of sp³-hybridized carbons (Fsp3) is 0.279. The van der Waals surface area contributed by atoms with E-state index in [2.05, 4.69) is 124 Å². The zero-order chi connectivity index (χ0) is 57.5. The van der Waals surface area contributed by atoms with Crippen molar-refractivity contribution in [1.82, 2.24) is 20.9 Å². The molecule has 0 spiro atoms. The van der Waals surface area contributed by atoms with Gasteiger partial charge in [-0.15, -0.1) is 4.57 Å². The first-order valence-corrected chi connectivity index (χ1v) is 28.9. The number of anilines is 5. The second-order valence-corrected chi connectivity index (χ2v) is 21.4. The highest BCUT2D eigenvalue weighted by Crippen LogP contribution is 2.32. The van der Waals surface area contributed by atoms with Crippen molar-refractivity contribution in [2.24, 2.45) is 4.99 Å². The summed E-state index contributed by atoms with van der Waals surface area (Å²) in [4.78, 5) is 36.3. The summed E-state index contributed by atoms with van der Waals surface area (Å²) in [7, 11) is 3.88. The number of aryl methyl sites for hydroxylation is 3. The number of amides is 2. The Labute approximate surface area is 483 Å². The Morgan fingerprint density at radius 1 is 0.561 bits per heavy atom. The van der Waals surface area contributed by atoms with E-state index in [1.807, 2.05) is 105 Å². The number of nitrogen functional groups attached to an aromatic ring is 2. The van der Waals surface area contributed by atoms with Gasteiger partial charge in [-0.1, -0.05) is 80.3 Å². The highest BCUT2D eigenvalue weighted by molar-refractivity contribution is 6.01. The van der Waals surface area contributed by atoms with E-state index in [1.165, 1.54) is 5.57 Å². The molecule has 0 radical (unpaired) electrons. The summed E-state index contributed by atoms with van der Waals surface area (Å²) < 4.78 is 2.22. The molecular formula is C68H80N12O2+2. The van der Waals surface area contributed by atoms with Gasteiger partial charge in [0.1, 0.15) is 22.4 Å². The van der Waals surface area contributed by atoms with Crippen molar-refractivity contribution in [3.8, 4) is 16.8 Å². The zero-order valence-corrected chi connectivity index (χ0v) is 48.4. The van der Waals surface area contributed by atoms with E-state index in [0.717, 1.165) is 178 Å². The Morgan fingerprint density at radius 3 is 1.65 bits per heavy atom. The molecule has 7 aromatic carbocycles. The van der Waals surface area contributed by atoms with Gasteiger partial charge >= 0.3 is 0 Å². The summed E-state index contributed by atoms with van der Waals surface area (Å²) in [5.41, 5.74) is 35.1. The van der Waals surface area contributed by atoms with Gasteiger partial charge in [0.15, 0.2) is 11.4 Å². The van der Waals surface area contributed by atoms with Gasteiger partial charge in [0.25, 0.3) is 11.8 Å². The van der Waals surface area contributed by atoms with E-state index >= 15 is 0 Å². The summed E-state index contributed by atoms with van der Waals surface area (Å²) in [6, 6.07) is 44.0. The van der Waals surface area contributed by atoms with Crippen LogP contribution in [0.25, 0.3) is 38.9 Å². The van der Waals surface area contributed by atoms with Crippen LogP contribution in [0.5, 0.6) is 0 Å². The fourth-order valence-corrected chi connectivity index (χ4v) is 10.7. The van der Waals surface area contributed by atoms with Gasteiger partial charge in [-0.25, -0.2) is 9.98 Å². The van der Waals surface area contributed by atoms with Gasteiger partial charge in [-0.3, -0.25) is 14.9 Å². The van der Waals surface area contributed by atoms with Crippen LogP contribution in [-0.2, 0) is 0 Å². The maximum absolute atomic E-state index is 13.1. The van der Waals surface area contributed by atoms with Gasteiger partial charge in [-0.05, 0) is 147 Å². The summed E-state index contributed by atoms with van der Waals surface area (Å²) >= 11 is 0. The number of nitrogens with two attached hydrogens (primary N) is 3. The van der Waals surface area contributed by atoms with Gasteiger partial charge in [-0.2, -0.15) is 0 Å². The number of para-hydroxylation sites is 4. The van der Waals surface area contributed by atoms with Crippen LogP contribution in [-0.4, -0.2) is 62.8 Å².